The fraction of sp³-hybridized carbons (Fsp3) is 0.533. The first kappa shape index (κ1) is 17.8. The number of nitrogens with one attached hydrogen (secondary N) is 2. The Labute approximate surface area is 131 Å². The standard InChI is InChI=1S/C15H22N2O3.ClH/c1-11(13-5-3-4-6-14(13)19-2)17-15(18)9-12-10-20-8-7-16-12;/h3-6,11-12,16H,7-10H2,1-2H3,(H,17,18);1H. The highest BCUT2D eigenvalue weighted by molar-refractivity contribution is 5.85. The summed E-state index contributed by atoms with van der Waals surface area (Å²) in [6, 6.07) is 7.74. The summed E-state index contributed by atoms with van der Waals surface area (Å²) in [4.78, 5) is 12.0. The van der Waals surface area contributed by atoms with Crippen LogP contribution in [0, 0.1) is 0 Å². The normalized spacial score (nSPS) is 19.2. The number of methoxy groups -OCH3 is 1. The van der Waals surface area contributed by atoms with Gasteiger partial charge in [0.05, 0.1) is 26.4 Å². The van der Waals surface area contributed by atoms with Crippen LogP contribution in [0.5, 0.6) is 5.75 Å². The van der Waals surface area contributed by atoms with E-state index in [1.54, 1.807) is 7.11 Å². The third-order valence-electron chi connectivity index (χ3n) is 3.41. The minimum Gasteiger partial charge on any atom is -0.496 e. The lowest BCUT2D eigenvalue weighted by molar-refractivity contribution is -0.122. The van der Waals surface area contributed by atoms with Gasteiger partial charge in [0.2, 0.25) is 5.91 Å². The van der Waals surface area contributed by atoms with Crippen LogP contribution in [0.1, 0.15) is 24.9 Å². The maximum Gasteiger partial charge on any atom is 0.222 e. The van der Waals surface area contributed by atoms with Crippen LogP contribution in [0.25, 0.3) is 0 Å². The Morgan fingerprint density at radius 3 is 2.95 bits per heavy atom. The van der Waals surface area contributed by atoms with Crippen molar-refractivity contribution >= 4 is 18.3 Å². The van der Waals surface area contributed by atoms with Crippen molar-refractivity contribution in [2.45, 2.75) is 25.4 Å². The molecule has 2 atom stereocenters. The second-order valence-electron chi connectivity index (χ2n) is 4.96. The Bertz CT molecular complexity index is 450. The first-order valence-electron chi connectivity index (χ1n) is 6.94. The molecule has 118 valence electrons. The number of hydrogen-bond donors (Lipinski definition) is 2. The lowest BCUT2D eigenvalue weighted by Gasteiger charge is -2.24. The summed E-state index contributed by atoms with van der Waals surface area (Å²) in [5.41, 5.74) is 0.983. The van der Waals surface area contributed by atoms with E-state index < -0.39 is 0 Å². The second kappa shape index (κ2) is 8.87. The molecule has 0 radical (unpaired) electrons. The molecule has 6 heteroatoms. The number of hydrogen-bond acceptors (Lipinski definition) is 4. The first-order chi connectivity index (χ1) is 9.70. The molecule has 0 saturated carbocycles. The van der Waals surface area contributed by atoms with E-state index in [2.05, 4.69) is 10.6 Å². The number of morpholine rings is 1. The van der Waals surface area contributed by atoms with Gasteiger partial charge in [-0.1, -0.05) is 18.2 Å². The van der Waals surface area contributed by atoms with Gasteiger partial charge in [-0.3, -0.25) is 4.79 Å². The predicted molar refractivity (Wildman–Crippen MR) is 84.0 cm³/mol. The molecule has 0 bridgehead atoms. The van der Waals surface area contributed by atoms with Crippen LogP contribution in [-0.2, 0) is 9.53 Å². The highest BCUT2D eigenvalue weighted by atomic mass is 35.5. The molecule has 1 heterocycles. The van der Waals surface area contributed by atoms with E-state index in [1.807, 2.05) is 31.2 Å². The number of carbonyl (C=O) groups excluding carboxylic acids is 1. The molecule has 1 aromatic carbocycles. The van der Waals surface area contributed by atoms with Crippen molar-refractivity contribution in [2.75, 3.05) is 26.9 Å². The van der Waals surface area contributed by atoms with Crippen LogP contribution >= 0.6 is 12.4 Å². The molecule has 0 aliphatic carbocycles. The zero-order valence-electron chi connectivity index (χ0n) is 12.4. The molecule has 21 heavy (non-hydrogen) atoms. The van der Waals surface area contributed by atoms with Crippen LogP contribution in [0.2, 0.25) is 0 Å². The van der Waals surface area contributed by atoms with Crippen molar-refractivity contribution in [3.05, 3.63) is 29.8 Å². The number of para-hydroxylation sites is 1. The average Bonchev–Trinajstić information content (AvgIpc) is 2.48. The monoisotopic (exact) mass is 314 g/mol. The lowest BCUT2D eigenvalue weighted by Crippen LogP contribution is -2.44. The Hall–Kier alpha value is -1.30. The van der Waals surface area contributed by atoms with Crippen molar-refractivity contribution in [1.29, 1.82) is 0 Å². The summed E-state index contributed by atoms with van der Waals surface area (Å²) >= 11 is 0. The van der Waals surface area contributed by atoms with Crippen LogP contribution in [0.4, 0.5) is 0 Å². The molecule has 0 spiro atoms. The Kier molecular flexibility index (Phi) is 7.50. The Morgan fingerprint density at radius 1 is 1.52 bits per heavy atom. The van der Waals surface area contributed by atoms with Crippen molar-refractivity contribution in [3.8, 4) is 5.75 Å². The fourth-order valence-electron chi connectivity index (χ4n) is 2.38. The van der Waals surface area contributed by atoms with Crippen LogP contribution in [-0.4, -0.2) is 38.8 Å². The van der Waals surface area contributed by atoms with Gasteiger partial charge in [-0.15, -0.1) is 12.4 Å². The number of ether oxygens (including phenoxy) is 2. The van der Waals surface area contributed by atoms with E-state index in [4.69, 9.17) is 9.47 Å². The largest absolute Gasteiger partial charge is 0.496 e. The third kappa shape index (κ3) is 5.19. The molecule has 1 aromatic rings. The molecular formula is C15H23ClN2O3. The second-order valence-corrected chi connectivity index (χ2v) is 4.96. The van der Waals surface area contributed by atoms with Crippen molar-refractivity contribution in [1.82, 2.24) is 10.6 Å². The molecule has 5 nitrogen and oxygen atoms in total. The number of carbonyl (C=O) groups is 1. The highest BCUT2D eigenvalue weighted by Gasteiger charge is 2.19. The van der Waals surface area contributed by atoms with Gasteiger partial charge in [0.1, 0.15) is 5.75 Å². The topological polar surface area (TPSA) is 59.6 Å². The van der Waals surface area contributed by atoms with E-state index >= 15 is 0 Å². The van der Waals surface area contributed by atoms with Gasteiger partial charge in [-0.25, -0.2) is 0 Å². The van der Waals surface area contributed by atoms with Crippen molar-refractivity contribution in [3.63, 3.8) is 0 Å². The smallest absolute Gasteiger partial charge is 0.222 e. The Balaban J connectivity index is 0.00000220. The van der Waals surface area contributed by atoms with Crippen LogP contribution in [0.15, 0.2) is 24.3 Å². The van der Waals surface area contributed by atoms with Crippen molar-refractivity contribution in [2.24, 2.45) is 0 Å². The van der Waals surface area contributed by atoms with Crippen LogP contribution in [0.3, 0.4) is 0 Å². The summed E-state index contributed by atoms with van der Waals surface area (Å²) in [6.07, 6.45) is 0.430. The number of halogens is 1. The summed E-state index contributed by atoms with van der Waals surface area (Å²) < 4.78 is 10.7. The lowest BCUT2D eigenvalue weighted by atomic mass is 10.1. The SMILES string of the molecule is COc1ccccc1C(C)NC(=O)CC1COCCN1.Cl. The number of amides is 1. The van der Waals surface area contributed by atoms with Gasteiger partial charge in [-0.05, 0) is 13.0 Å². The van der Waals surface area contributed by atoms with E-state index in [1.165, 1.54) is 0 Å². The molecule has 1 amide bonds. The summed E-state index contributed by atoms with van der Waals surface area (Å²) in [5, 5.41) is 6.28. The van der Waals surface area contributed by atoms with Gasteiger partial charge >= 0.3 is 0 Å². The minimum atomic E-state index is -0.0804. The minimum absolute atomic E-state index is 0. The van der Waals surface area contributed by atoms with Gasteiger partial charge in [0, 0.05) is 24.6 Å². The molecule has 1 saturated heterocycles. The average molecular weight is 315 g/mol. The zero-order chi connectivity index (χ0) is 14.4. The van der Waals surface area contributed by atoms with E-state index in [0.717, 1.165) is 24.5 Å². The zero-order valence-corrected chi connectivity index (χ0v) is 13.2. The molecule has 0 aromatic heterocycles. The number of benzene rings is 1. The summed E-state index contributed by atoms with van der Waals surface area (Å²) in [5.74, 6) is 0.811. The maximum absolute atomic E-state index is 12.0. The molecule has 1 aliphatic rings. The van der Waals surface area contributed by atoms with Gasteiger partial charge in [0.25, 0.3) is 0 Å². The maximum atomic E-state index is 12.0. The van der Waals surface area contributed by atoms with Gasteiger partial charge in [-0.2, -0.15) is 0 Å². The fourth-order valence-corrected chi connectivity index (χ4v) is 2.38. The number of rotatable bonds is 5. The molecule has 2 rings (SSSR count). The predicted octanol–water partition coefficient (Wildman–Crippen LogP) is 1.67. The van der Waals surface area contributed by atoms with Crippen molar-refractivity contribution < 1.29 is 14.3 Å². The van der Waals surface area contributed by atoms with E-state index in [0.29, 0.717) is 13.0 Å². The highest BCUT2D eigenvalue weighted by Crippen LogP contribution is 2.24. The Morgan fingerprint density at radius 2 is 2.29 bits per heavy atom. The molecule has 2 N–H and O–H groups in total. The van der Waals surface area contributed by atoms with Gasteiger partial charge in [0.15, 0.2) is 0 Å². The third-order valence-corrected chi connectivity index (χ3v) is 3.41. The summed E-state index contributed by atoms with van der Waals surface area (Å²) in [6.45, 7) is 4.08. The molecule has 1 fully saturated rings. The molecule has 2 unspecified atom stereocenters. The summed E-state index contributed by atoms with van der Waals surface area (Å²) in [7, 11) is 1.64. The van der Waals surface area contributed by atoms with Gasteiger partial charge < -0.3 is 20.1 Å². The van der Waals surface area contributed by atoms with Crippen LogP contribution < -0.4 is 15.4 Å². The van der Waals surface area contributed by atoms with E-state index in [9.17, 15) is 4.79 Å². The van der Waals surface area contributed by atoms with E-state index in [-0.39, 0.29) is 30.4 Å². The molecule has 1 aliphatic heterocycles. The first-order valence-corrected chi connectivity index (χ1v) is 6.94. The quantitative estimate of drug-likeness (QED) is 0.868. The molecular weight excluding hydrogens is 292 g/mol.